The summed E-state index contributed by atoms with van der Waals surface area (Å²) < 4.78 is 23.2. The zero-order chi connectivity index (χ0) is 32.9. The molecule has 0 saturated carbocycles. The Kier molecular flexibility index (Phi) is 10.6. The topological polar surface area (TPSA) is 144 Å². The van der Waals surface area contributed by atoms with E-state index in [-0.39, 0.29) is 31.0 Å². The third-order valence-corrected chi connectivity index (χ3v) is 7.66. The fraction of sp³-hybridized carbons (Fsp3) is 0.364. The number of amides is 2. The van der Waals surface area contributed by atoms with Crippen molar-refractivity contribution in [1.82, 2.24) is 0 Å². The van der Waals surface area contributed by atoms with Crippen LogP contribution >= 0.6 is 11.6 Å². The van der Waals surface area contributed by atoms with E-state index in [4.69, 9.17) is 30.5 Å². The molecule has 4 rings (SSSR count). The van der Waals surface area contributed by atoms with E-state index in [1.807, 2.05) is 13.8 Å². The van der Waals surface area contributed by atoms with Gasteiger partial charge in [0, 0.05) is 46.0 Å². The van der Waals surface area contributed by atoms with Gasteiger partial charge >= 0.3 is 5.97 Å². The predicted molar refractivity (Wildman–Crippen MR) is 169 cm³/mol. The Morgan fingerprint density at radius 3 is 2.36 bits per heavy atom. The minimum absolute atomic E-state index is 0.117. The lowest BCUT2D eigenvalue weighted by Gasteiger charge is -2.32. The van der Waals surface area contributed by atoms with Crippen LogP contribution in [0.1, 0.15) is 43.1 Å². The monoisotopic (exact) mass is 640 g/mol. The predicted octanol–water partition coefficient (Wildman–Crippen LogP) is 4.86. The lowest BCUT2D eigenvalue weighted by Crippen LogP contribution is -2.46. The summed E-state index contributed by atoms with van der Waals surface area (Å²) in [6.45, 7) is 3.56. The van der Waals surface area contributed by atoms with E-state index in [9.17, 15) is 24.6 Å². The van der Waals surface area contributed by atoms with E-state index < -0.39 is 41.8 Å². The Bertz CT molecular complexity index is 1580. The summed E-state index contributed by atoms with van der Waals surface area (Å²) in [4.78, 5) is 40.7. The van der Waals surface area contributed by atoms with Crippen molar-refractivity contribution in [1.29, 1.82) is 0 Å². The molecule has 240 valence electrons. The molecule has 2 atom stereocenters. The summed E-state index contributed by atoms with van der Waals surface area (Å²) in [5.41, 5.74) is 1.53. The number of nitrogens with zero attached hydrogens (tertiary/aromatic N) is 1. The standard InChI is InChI=1S/C33H37ClN2O9/c1-33(2,18-37)17-36-24-13-12-20(34)15-22(24)30(21-9-7-11-25(42-3)31(21)44-5)45-26(32(36)41)16-27(38)35-23-10-6-8-19(14-28(39)40)29(23)43-4/h6-13,15,26,30,37H,14,16-18H2,1-5H3,(H,35,38)(H,39,40)/t26-,30-/m1/s1. The molecule has 0 aromatic heterocycles. The average Bonchev–Trinajstić information content (AvgIpc) is 3.10. The van der Waals surface area contributed by atoms with Crippen molar-refractivity contribution in [2.45, 2.75) is 38.9 Å². The summed E-state index contributed by atoms with van der Waals surface area (Å²) in [6, 6.07) is 15.1. The lowest BCUT2D eigenvalue weighted by molar-refractivity contribution is -0.136. The molecule has 0 fully saturated rings. The Morgan fingerprint density at radius 2 is 1.71 bits per heavy atom. The van der Waals surface area contributed by atoms with Crippen molar-refractivity contribution in [2.24, 2.45) is 5.41 Å². The first-order valence-electron chi connectivity index (χ1n) is 14.2. The number of hydrogen-bond donors (Lipinski definition) is 3. The number of anilines is 2. The molecule has 1 heterocycles. The molecule has 3 aromatic carbocycles. The summed E-state index contributed by atoms with van der Waals surface area (Å²) >= 11 is 6.48. The van der Waals surface area contributed by atoms with Crippen molar-refractivity contribution in [3.05, 3.63) is 76.3 Å². The molecule has 0 unspecified atom stereocenters. The molecule has 3 N–H and O–H groups in total. The van der Waals surface area contributed by atoms with Gasteiger partial charge in [-0.3, -0.25) is 14.4 Å². The highest BCUT2D eigenvalue weighted by Gasteiger charge is 2.40. The average molecular weight is 641 g/mol. The SMILES string of the molecule is COc1cccc([C@H]2O[C@H](CC(=O)Nc3cccc(CC(=O)O)c3OC)C(=O)N(CC(C)(C)CO)c3ccc(Cl)cc32)c1OC. The maximum atomic E-state index is 14.3. The number of halogens is 1. The van der Waals surface area contributed by atoms with Gasteiger partial charge in [-0.25, -0.2) is 0 Å². The Hall–Kier alpha value is -4.32. The van der Waals surface area contributed by atoms with Crippen LogP contribution < -0.4 is 24.4 Å². The smallest absolute Gasteiger partial charge is 0.307 e. The molecule has 0 radical (unpaired) electrons. The second-order valence-corrected chi connectivity index (χ2v) is 11.8. The normalized spacial score (nSPS) is 16.4. The van der Waals surface area contributed by atoms with Crippen molar-refractivity contribution in [3.8, 4) is 17.2 Å². The van der Waals surface area contributed by atoms with Crippen LogP contribution in [0.3, 0.4) is 0 Å². The second kappa shape index (κ2) is 14.2. The second-order valence-electron chi connectivity index (χ2n) is 11.4. The molecule has 0 aliphatic carbocycles. The number of carbonyl (C=O) groups is 3. The zero-order valence-corrected chi connectivity index (χ0v) is 26.5. The molecule has 0 saturated heterocycles. The van der Waals surface area contributed by atoms with Crippen molar-refractivity contribution in [2.75, 3.05) is 44.7 Å². The molecule has 1 aliphatic rings. The number of carboxylic acids is 1. The van der Waals surface area contributed by atoms with E-state index in [0.29, 0.717) is 38.9 Å². The summed E-state index contributed by atoms with van der Waals surface area (Å²) in [6.07, 6.45) is -2.91. The third kappa shape index (κ3) is 7.50. The first kappa shape index (κ1) is 33.6. The van der Waals surface area contributed by atoms with E-state index in [0.717, 1.165) is 0 Å². The van der Waals surface area contributed by atoms with E-state index in [1.54, 1.807) is 54.6 Å². The van der Waals surface area contributed by atoms with E-state index >= 15 is 0 Å². The quantitative estimate of drug-likeness (QED) is 0.253. The van der Waals surface area contributed by atoms with E-state index in [1.165, 1.54) is 26.2 Å². The molecule has 2 amide bonds. The van der Waals surface area contributed by atoms with E-state index in [2.05, 4.69) is 5.32 Å². The Labute approximate surface area is 266 Å². The maximum absolute atomic E-state index is 14.3. The number of aliphatic hydroxyl groups excluding tert-OH is 1. The van der Waals surface area contributed by atoms with Crippen LogP contribution in [0.5, 0.6) is 17.2 Å². The van der Waals surface area contributed by atoms with Gasteiger partial charge in [0.1, 0.15) is 18.0 Å². The van der Waals surface area contributed by atoms with Crippen LogP contribution in [0.4, 0.5) is 11.4 Å². The largest absolute Gasteiger partial charge is 0.494 e. The van der Waals surface area contributed by atoms with Crippen LogP contribution in [0.2, 0.25) is 5.02 Å². The summed E-state index contributed by atoms with van der Waals surface area (Å²) in [5, 5.41) is 22.5. The molecule has 3 aromatic rings. The number of hydrogen-bond acceptors (Lipinski definition) is 8. The van der Waals surface area contributed by atoms with Crippen LogP contribution in [0.25, 0.3) is 0 Å². The molecule has 11 nitrogen and oxygen atoms in total. The number of aliphatic carboxylic acids is 1. The highest BCUT2D eigenvalue weighted by molar-refractivity contribution is 6.30. The number of fused-ring (bicyclic) bond motifs is 1. The Balaban J connectivity index is 1.80. The maximum Gasteiger partial charge on any atom is 0.307 e. The molecular weight excluding hydrogens is 604 g/mol. The molecule has 1 aliphatic heterocycles. The number of para-hydroxylation sites is 2. The highest BCUT2D eigenvalue weighted by atomic mass is 35.5. The first-order chi connectivity index (χ1) is 21.4. The minimum atomic E-state index is -1.29. The number of nitrogens with one attached hydrogen (secondary N) is 1. The van der Waals surface area contributed by atoms with Gasteiger partial charge in [0.05, 0.1) is 39.9 Å². The van der Waals surface area contributed by atoms with Crippen molar-refractivity contribution >= 4 is 40.8 Å². The number of benzene rings is 3. The Morgan fingerprint density at radius 1 is 1.00 bits per heavy atom. The number of carbonyl (C=O) groups excluding carboxylic acids is 2. The summed E-state index contributed by atoms with van der Waals surface area (Å²) in [5.74, 6) is -1.09. The number of rotatable bonds is 12. The lowest BCUT2D eigenvalue weighted by atomic mass is 9.92. The van der Waals surface area contributed by atoms with Gasteiger partial charge in [-0.2, -0.15) is 0 Å². The summed E-state index contributed by atoms with van der Waals surface area (Å²) in [7, 11) is 4.38. The third-order valence-electron chi connectivity index (χ3n) is 7.42. The fourth-order valence-corrected chi connectivity index (χ4v) is 5.48. The molecular formula is C33H37ClN2O9. The number of methoxy groups -OCH3 is 3. The van der Waals surface area contributed by atoms with Crippen LogP contribution in [0, 0.1) is 5.41 Å². The number of aliphatic hydroxyl groups is 1. The van der Waals surface area contributed by atoms with Crippen molar-refractivity contribution < 1.29 is 43.5 Å². The fourth-order valence-electron chi connectivity index (χ4n) is 5.30. The van der Waals surface area contributed by atoms with Gasteiger partial charge in [0.2, 0.25) is 5.91 Å². The van der Waals surface area contributed by atoms with Gasteiger partial charge < -0.3 is 39.4 Å². The minimum Gasteiger partial charge on any atom is -0.494 e. The highest BCUT2D eigenvalue weighted by Crippen LogP contribution is 2.45. The molecule has 0 bridgehead atoms. The van der Waals surface area contributed by atoms with Gasteiger partial charge in [-0.1, -0.05) is 49.7 Å². The number of carboxylic acid groups (broad SMARTS) is 1. The van der Waals surface area contributed by atoms with Crippen LogP contribution in [-0.4, -0.2) is 68.6 Å². The molecule has 45 heavy (non-hydrogen) atoms. The van der Waals surface area contributed by atoms with Gasteiger partial charge in [0.15, 0.2) is 11.5 Å². The van der Waals surface area contributed by atoms with Gasteiger partial charge in [0.25, 0.3) is 5.91 Å². The van der Waals surface area contributed by atoms with Gasteiger partial charge in [-0.15, -0.1) is 0 Å². The van der Waals surface area contributed by atoms with Crippen LogP contribution in [-0.2, 0) is 25.5 Å². The first-order valence-corrected chi connectivity index (χ1v) is 14.6. The van der Waals surface area contributed by atoms with Crippen molar-refractivity contribution in [3.63, 3.8) is 0 Å². The molecule has 12 heteroatoms. The number of ether oxygens (including phenoxy) is 4. The molecule has 0 spiro atoms. The van der Waals surface area contributed by atoms with Crippen LogP contribution in [0.15, 0.2) is 54.6 Å². The zero-order valence-electron chi connectivity index (χ0n) is 25.8. The van der Waals surface area contributed by atoms with Gasteiger partial charge in [-0.05, 0) is 30.3 Å².